The maximum atomic E-state index is 5.64. The molecule has 3 nitrogen and oxygen atoms in total. The molecule has 0 saturated carbocycles. The van der Waals surface area contributed by atoms with Crippen molar-refractivity contribution < 1.29 is 31.0 Å². The Bertz CT molecular complexity index is 800. The summed E-state index contributed by atoms with van der Waals surface area (Å²) in [6, 6.07) is 21.2. The van der Waals surface area contributed by atoms with Gasteiger partial charge in [0.25, 0.3) is 0 Å². The summed E-state index contributed by atoms with van der Waals surface area (Å²) >= 11 is 0. The Balaban J connectivity index is 0.00000156. The zero-order valence-corrected chi connectivity index (χ0v) is 14.3. The van der Waals surface area contributed by atoms with Gasteiger partial charge in [0.05, 0.1) is 13.2 Å². The Morgan fingerprint density at radius 3 is 2.43 bits per heavy atom. The van der Waals surface area contributed by atoms with Crippen LogP contribution in [0.25, 0.3) is 10.8 Å². The summed E-state index contributed by atoms with van der Waals surface area (Å²) in [5.74, 6) is 0. The number of aromatic nitrogens is 1. The summed E-state index contributed by atoms with van der Waals surface area (Å²) < 4.78 is 13.5. The first kappa shape index (κ1) is 16.1. The van der Waals surface area contributed by atoms with Crippen molar-refractivity contribution in [3.05, 3.63) is 78.1 Å². The van der Waals surface area contributed by atoms with Gasteiger partial charge in [-0.1, -0.05) is 36.4 Å². The third-order valence-corrected chi connectivity index (χ3v) is 4.01. The Kier molecular flexibility index (Phi) is 5.06. The van der Waals surface area contributed by atoms with Crippen LogP contribution in [-0.4, -0.2) is 13.2 Å². The zero-order valence-electron chi connectivity index (χ0n) is 12.7. The highest BCUT2D eigenvalue weighted by Crippen LogP contribution is 2.21. The highest BCUT2D eigenvalue weighted by molar-refractivity contribution is 5.82. The van der Waals surface area contributed by atoms with Crippen molar-refractivity contribution in [3.8, 4) is 0 Å². The molecule has 0 spiro atoms. The number of hydrogen-bond acceptors (Lipinski definition) is 2. The zero-order chi connectivity index (χ0) is 14.8. The van der Waals surface area contributed by atoms with Crippen LogP contribution in [-0.2, 0) is 16.0 Å². The standard InChI is InChI=1S/C19H18NO2.BrH/c1-2-6-17-13-15(8-9-16(17)5-1)14-20-10-4-3-7-18(20)19-21-11-12-22-19;/h1-10,13,19H,11-12,14H2;1H/q+1;/p-1. The topological polar surface area (TPSA) is 22.3 Å². The highest BCUT2D eigenvalue weighted by atomic mass is 79.9. The number of hydrogen-bond donors (Lipinski definition) is 0. The minimum atomic E-state index is -0.248. The molecule has 0 N–H and O–H groups in total. The van der Waals surface area contributed by atoms with Crippen LogP contribution in [0.15, 0.2) is 66.9 Å². The predicted molar refractivity (Wildman–Crippen MR) is 84.3 cm³/mol. The lowest BCUT2D eigenvalue weighted by Gasteiger charge is -2.09. The van der Waals surface area contributed by atoms with Crippen LogP contribution >= 0.6 is 0 Å². The smallest absolute Gasteiger partial charge is 0.245 e. The summed E-state index contributed by atoms with van der Waals surface area (Å²) in [5, 5.41) is 2.54. The maximum Gasteiger partial charge on any atom is 0.245 e. The Morgan fingerprint density at radius 1 is 0.870 bits per heavy atom. The van der Waals surface area contributed by atoms with Crippen LogP contribution < -0.4 is 21.5 Å². The summed E-state index contributed by atoms with van der Waals surface area (Å²) in [6.45, 7) is 2.13. The van der Waals surface area contributed by atoms with E-state index in [9.17, 15) is 0 Å². The van der Waals surface area contributed by atoms with Crippen LogP contribution in [0.3, 0.4) is 0 Å². The van der Waals surface area contributed by atoms with Gasteiger partial charge >= 0.3 is 0 Å². The molecule has 1 aromatic heterocycles. The largest absolute Gasteiger partial charge is 1.00 e. The van der Waals surface area contributed by atoms with E-state index in [1.807, 2.05) is 12.1 Å². The van der Waals surface area contributed by atoms with Crippen molar-refractivity contribution >= 4 is 10.8 Å². The van der Waals surface area contributed by atoms with E-state index >= 15 is 0 Å². The van der Waals surface area contributed by atoms with Gasteiger partial charge in [-0.25, -0.2) is 0 Å². The molecule has 0 radical (unpaired) electrons. The van der Waals surface area contributed by atoms with E-state index in [0.29, 0.717) is 13.2 Å². The van der Waals surface area contributed by atoms with Crippen LogP contribution in [0.1, 0.15) is 17.5 Å². The third kappa shape index (κ3) is 3.44. The predicted octanol–water partition coefficient (Wildman–Crippen LogP) is 0.225. The first-order chi connectivity index (χ1) is 10.9. The average Bonchev–Trinajstić information content (AvgIpc) is 3.10. The Morgan fingerprint density at radius 2 is 1.61 bits per heavy atom. The molecule has 2 aromatic carbocycles. The van der Waals surface area contributed by atoms with Gasteiger partial charge in [0, 0.05) is 17.7 Å². The normalized spacial score (nSPS) is 14.8. The molecule has 2 heterocycles. The van der Waals surface area contributed by atoms with E-state index in [4.69, 9.17) is 9.47 Å². The number of ether oxygens (including phenoxy) is 2. The van der Waals surface area contributed by atoms with Gasteiger partial charge in [-0.3, -0.25) is 0 Å². The van der Waals surface area contributed by atoms with E-state index in [2.05, 4.69) is 59.3 Å². The van der Waals surface area contributed by atoms with E-state index in [0.717, 1.165) is 12.2 Å². The molecule has 4 rings (SSSR count). The van der Waals surface area contributed by atoms with Gasteiger partial charge in [-0.2, -0.15) is 4.57 Å². The second-order valence-corrected chi connectivity index (χ2v) is 5.51. The second-order valence-electron chi connectivity index (χ2n) is 5.51. The molecular formula is C19H18BrNO2. The van der Waals surface area contributed by atoms with Crippen molar-refractivity contribution in [1.29, 1.82) is 0 Å². The lowest BCUT2D eigenvalue weighted by atomic mass is 10.1. The molecule has 1 fully saturated rings. The van der Waals surface area contributed by atoms with Gasteiger partial charge in [0.2, 0.25) is 12.0 Å². The van der Waals surface area contributed by atoms with Gasteiger partial charge in [0.1, 0.15) is 0 Å². The fraction of sp³-hybridized carbons (Fsp3) is 0.211. The minimum absolute atomic E-state index is 0. The van der Waals surface area contributed by atoms with Crippen molar-refractivity contribution in [3.63, 3.8) is 0 Å². The van der Waals surface area contributed by atoms with Crippen molar-refractivity contribution in [1.82, 2.24) is 0 Å². The Labute approximate surface area is 146 Å². The fourth-order valence-corrected chi connectivity index (χ4v) is 2.91. The lowest BCUT2D eigenvalue weighted by molar-refractivity contribution is -0.701. The van der Waals surface area contributed by atoms with E-state index < -0.39 is 0 Å². The summed E-state index contributed by atoms with van der Waals surface area (Å²) in [5.41, 5.74) is 2.34. The third-order valence-electron chi connectivity index (χ3n) is 4.01. The van der Waals surface area contributed by atoms with Gasteiger partial charge < -0.3 is 26.5 Å². The van der Waals surface area contributed by atoms with E-state index in [1.165, 1.54) is 16.3 Å². The molecule has 0 atom stereocenters. The number of nitrogens with zero attached hydrogens (tertiary/aromatic N) is 1. The first-order valence-electron chi connectivity index (χ1n) is 7.59. The molecule has 118 valence electrons. The maximum absolute atomic E-state index is 5.64. The minimum Gasteiger partial charge on any atom is -1.00 e. The van der Waals surface area contributed by atoms with E-state index in [1.54, 1.807) is 0 Å². The average molecular weight is 372 g/mol. The molecule has 3 aromatic rings. The van der Waals surface area contributed by atoms with Gasteiger partial charge in [0.15, 0.2) is 12.7 Å². The van der Waals surface area contributed by atoms with Crippen molar-refractivity contribution in [2.75, 3.05) is 13.2 Å². The summed E-state index contributed by atoms with van der Waals surface area (Å²) in [4.78, 5) is 0. The fourth-order valence-electron chi connectivity index (χ4n) is 2.91. The number of fused-ring (bicyclic) bond motifs is 1. The summed E-state index contributed by atoms with van der Waals surface area (Å²) in [6.07, 6.45) is 1.83. The number of rotatable bonds is 3. The molecular weight excluding hydrogens is 354 g/mol. The number of pyridine rings is 1. The van der Waals surface area contributed by atoms with Crippen LogP contribution in [0.4, 0.5) is 0 Å². The van der Waals surface area contributed by atoms with Gasteiger partial charge in [-0.05, 0) is 22.9 Å². The molecule has 1 saturated heterocycles. The van der Waals surface area contributed by atoms with Crippen LogP contribution in [0, 0.1) is 0 Å². The molecule has 0 unspecified atom stereocenters. The van der Waals surface area contributed by atoms with Crippen molar-refractivity contribution in [2.45, 2.75) is 12.8 Å². The number of benzene rings is 2. The van der Waals surface area contributed by atoms with Crippen LogP contribution in [0.5, 0.6) is 0 Å². The molecule has 23 heavy (non-hydrogen) atoms. The first-order valence-corrected chi connectivity index (χ1v) is 7.59. The van der Waals surface area contributed by atoms with E-state index in [-0.39, 0.29) is 23.3 Å². The van der Waals surface area contributed by atoms with Crippen LogP contribution in [0.2, 0.25) is 0 Å². The molecule has 1 aliphatic heterocycles. The molecule has 4 heteroatoms. The van der Waals surface area contributed by atoms with Crippen molar-refractivity contribution in [2.24, 2.45) is 0 Å². The molecule has 0 aliphatic carbocycles. The molecule has 0 bridgehead atoms. The monoisotopic (exact) mass is 371 g/mol. The highest BCUT2D eigenvalue weighted by Gasteiger charge is 2.27. The summed E-state index contributed by atoms with van der Waals surface area (Å²) in [7, 11) is 0. The SMILES string of the molecule is [Br-].c1cc[n+](Cc2ccc3ccccc3c2)c(C2OCCO2)c1. The second kappa shape index (κ2) is 7.21. The molecule has 0 amide bonds. The number of halogens is 1. The quantitative estimate of drug-likeness (QED) is 0.614. The molecule has 1 aliphatic rings. The lowest BCUT2D eigenvalue weighted by Crippen LogP contribution is -3.00. The van der Waals surface area contributed by atoms with Gasteiger partial charge in [-0.15, -0.1) is 0 Å². The Hall–Kier alpha value is -1.75.